The van der Waals surface area contributed by atoms with Crippen LogP contribution in [0.15, 0.2) is 54.2 Å². The summed E-state index contributed by atoms with van der Waals surface area (Å²) in [6.45, 7) is 10.4. The van der Waals surface area contributed by atoms with Gasteiger partial charge in [0.05, 0.1) is 0 Å². The third-order valence-corrected chi connectivity index (χ3v) is 4.45. The van der Waals surface area contributed by atoms with Crippen LogP contribution in [0.1, 0.15) is 44.4 Å². The molecule has 0 unspecified atom stereocenters. The van der Waals surface area contributed by atoms with Gasteiger partial charge in [0.1, 0.15) is 11.6 Å². The van der Waals surface area contributed by atoms with Crippen LogP contribution in [0.2, 0.25) is 0 Å². The van der Waals surface area contributed by atoms with Gasteiger partial charge in [-0.3, -0.25) is 4.79 Å². The van der Waals surface area contributed by atoms with Gasteiger partial charge in [0.15, 0.2) is 0 Å². The van der Waals surface area contributed by atoms with E-state index in [1.807, 2.05) is 62.4 Å². The lowest BCUT2D eigenvalue weighted by Gasteiger charge is -2.22. The number of anilines is 2. The molecule has 1 amide bonds. The van der Waals surface area contributed by atoms with Crippen LogP contribution < -0.4 is 10.6 Å². The summed E-state index contributed by atoms with van der Waals surface area (Å²) in [7, 11) is 0. The standard InChI is InChI=1S/C23H27N3O/c1-6-17-11-9-10-16(2)21(17)26-22(27)18(14-24)15-25-20-13-8-7-12-19(20)23(3,4)5/h7-13,15,25H,6H2,1-5H3,(H,26,27)/b18-15-. The van der Waals surface area contributed by atoms with Crippen LogP contribution in [0.5, 0.6) is 0 Å². The Hall–Kier alpha value is -3.06. The number of hydrogen-bond acceptors (Lipinski definition) is 3. The molecule has 0 saturated heterocycles. The van der Waals surface area contributed by atoms with Crippen LogP contribution in [0.25, 0.3) is 0 Å². The molecule has 0 heterocycles. The van der Waals surface area contributed by atoms with E-state index in [0.29, 0.717) is 0 Å². The van der Waals surface area contributed by atoms with E-state index in [1.165, 1.54) is 6.20 Å². The highest BCUT2D eigenvalue weighted by molar-refractivity contribution is 6.07. The molecule has 4 heteroatoms. The van der Waals surface area contributed by atoms with Gasteiger partial charge in [-0.1, -0.05) is 64.1 Å². The fourth-order valence-electron chi connectivity index (χ4n) is 2.94. The number of nitrogens with one attached hydrogen (secondary N) is 2. The second kappa shape index (κ2) is 8.55. The van der Waals surface area contributed by atoms with E-state index in [2.05, 4.69) is 31.4 Å². The van der Waals surface area contributed by atoms with Gasteiger partial charge in [0, 0.05) is 17.6 Å². The molecule has 140 valence electrons. The molecule has 0 saturated carbocycles. The molecule has 0 radical (unpaired) electrons. The zero-order valence-corrected chi connectivity index (χ0v) is 16.7. The first kappa shape index (κ1) is 20.3. The lowest BCUT2D eigenvalue weighted by Crippen LogP contribution is -2.17. The largest absolute Gasteiger partial charge is 0.360 e. The van der Waals surface area contributed by atoms with E-state index in [1.54, 1.807) is 0 Å². The molecule has 4 nitrogen and oxygen atoms in total. The van der Waals surface area contributed by atoms with Gasteiger partial charge in [-0.15, -0.1) is 0 Å². The van der Waals surface area contributed by atoms with E-state index < -0.39 is 5.91 Å². The molecule has 2 N–H and O–H groups in total. The van der Waals surface area contributed by atoms with Crippen molar-refractivity contribution in [1.82, 2.24) is 0 Å². The predicted octanol–water partition coefficient (Wildman–Crippen LogP) is 5.31. The highest BCUT2D eigenvalue weighted by Gasteiger charge is 2.18. The molecule has 0 aliphatic rings. The van der Waals surface area contributed by atoms with Gasteiger partial charge < -0.3 is 10.6 Å². The smallest absolute Gasteiger partial charge is 0.267 e. The third-order valence-electron chi connectivity index (χ3n) is 4.45. The van der Waals surface area contributed by atoms with Crippen molar-refractivity contribution < 1.29 is 4.79 Å². The number of nitriles is 1. The monoisotopic (exact) mass is 361 g/mol. The Morgan fingerprint density at radius 3 is 2.48 bits per heavy atom. The van der Waals surface area contributed by atoms with Crippen LogP contribution >= 0.6 is 0 Å². The Morgan fingerprint density at radius 1 is 1.15 bits per heavy atom. The second-order valence-corrected chi connectivity index (χ2v) is 7.53. The van der Waals surface area contributed by atoms with Crippen molar-refractivity contribution >= 4 is 17.3 Å². The molecule has 27 heavy (non-hydrogen) atoms. The van der Waals surface area contributed by atoms with Crippen molar-refractivity contribution in [1.29, 1.82) is 5.26 Å². The normalized spacial score (nSPS) is 11.6. The second-order valence-electron chi connectivity index (χ2n) is 7.53. The predicted molar refractivity (Wildman–Crippen MR) is 112 cm³/mol. The topological polar surface area (TPSA) is 64.9 Å². The quantitative estimate of drug-likeness (QED) is 0.560. The summed E-state index contributed by atoms with van der Waals surface area (Å²) in [6.07, 6.45) is 2.28. The number of amides is 1. The Morgan fingerprint density at radius 2 is 1.85 bits per heavy atom. The van der Waals surface area contributed by atoms with Crippen molar-refractivity contribution in [2.45, 2.75) is 46.5 Å². The van der Waals surface area contributed by atoms with E-state index in [0.717, 1.165) is 34.5 Å². The lowest BCUT2D eigenvalue weighted by molar-refractivity contribution is -0.112. The van der Waals surface area contributed by atoms with E-state index in [9.17, 15) is 10.1 Å². The minimum Gasteiger partial charge on any atom is -0.360 e. The molecule has 0 fully saturated rings. The van der Waals surface area contributed by atoms with Crippen molar-refractivity contribution in [3.05, 3.63) is 70.9 Å². The number of hydrogen-bond donors (Lipinski definition) is 2. The summed E-state index contributed by atoms with van der Waals surface area (Å²) in [6, 6.07) is 15.8. The summed E-state index contributed by atoms with van der Waals surface area (Å²) < 4.78 is 0. The van der Waals surface area contributed by atoms with Gasteiger partial charge >= 0.3 is 0 Å². The summed E-state index contributed by atoms with van der Waals surface area (Å²) in [4.78, 5) is 12.6. The summed E-state index contributed by atoms with van der Waals surface area (Å²) in [5.41, 5.74) is 4.79. The lowest BCUT2D eigenvalue weighted by atomic mass is 9.86. The van der Waals surface area contributed by atoms with E-state index in [-0.39, 0.29) is 11.0 Å². The number of nitrogens with zero attached hydrogens (tertiary/aromatic N) is 1. The first-order valence-electron chi connectivity index (χ1n) is 9.14. The maximum atomic E-state index is 12.6. The number of rotatable bonds is 5. The van der Waals surface area contributed by atoms with Crippen molar-refractivity contribution in [2.75, 3.05) is 10.6 Å². The fraction of sp³-hybridized carbons (Fsp3) is 0.304. The molecule has 0 aliphatic carbocycles. The van der Waals surface area contributed by atoms with Crippen molar-refractivity contribution in [2.24, 2.45) is 0 Å². The average molecular weight is 361 g/mol. The fourth-order valence-corrected chi connectivity index (χ4v) is 2.94. The molecule has 0 atom stereocenters. The van der Waals surface area contributed by atoms with Crippen molar-refractivity contribution in [3.8, 4) is 6.07 Å². The van der Waals surface area contributed by atoms with Gasteiger partial charge in [0.2, 0.25) is 0 Å². The zero-order chi connectivity index (χ0) is 20.0. The summed E-state index contributed by atoms with van der Waals surface area (Å²) in [5.74, 6) is -0.415. The SMILES string of the molecule is CCc1cccc(C)c1NC(=O)/C(C#N)=C\Nc1ccccc1C(C)(C)C. The zero-order valence-electron chi connectivity index (χ0n) is 16.7. The molecule has 0 bridgehead atoms. The van der Waals surface area contributed by atoms with E-state index in [4.69, 9.17) is 0 Å². The van der Waals surface area contributed by atoms with Crippen LogP contribution in [-0.4, -0.2) is 5.91 Å². The third kappa shape index (κ3) is 4.98. The Bertz CT molecular complexity index is 899. The van der Waals surface area contributed by atoms with Gasteiger partial charge in [0.25, 0.3) is 5.91 Å². The van der Waals surface area contributed by atoms with Gasteiger partial charge in [-0.05, 0) is 41.5 Å². The first-order chi connectivity index (χ1) is 12.8. The molecule has 2 rings (SSSR count). The molecule has 2 aromatic rings. The van der Waals surface area contributed by atoms with Gasteiger partial charge in [-0.2, -0.15) is 5.26 Å². The maximum Gasteiger partial charge on any atom is 0.267 e. The number of carbonyl (C=O) groups is 1. The molecule has 2 aromatic carbocycles. The summed E-state index contributed by atoms with van der Waals surface area (Å²) in [5, 5.41) is 15.5. The van der Waals surface area contributed by atoms with Crippen LogP contribution in [0, 0.1) is 18.3 Å². The number of aryl methyl sites for hydroxylation is 2. The molecule has 0 spiro atoms. The summed E-state index contributed by atoms with van der Waals surface area (Å²) >= 11 is 0. The van der Waals surface area contributed by atoms with Crippen molar-refractivity contribution in [3.63, 3.8) is 0 Å². The van der Waals surface area contributed by atoms with Gasteiger partial charge in [-0.25, -0.2) is 0 Å². The van der Waals surface area contributed by atoms with E-state index >= 15 is 0 Å². The first-order valence-corrected chi connectivity index (χ1v) is 9.14. The number of para-hydroxylation sites is 2. The minimum atomic E-state index is -0.415. The molecule has 0 aromatic heterocycles. The highest BCUT2D eigenvalue weighted by Crippen LogP contribution is 2.29. The molecular weight excluding hydrogens is 334 g/mol. The average Bonchev–Trinajstić information content (AvgIpc) is 2.63. The Kier molecular flexibility index (Phi) is 6.41. The maximum absolute atomic E-state index is 12.6. The Balaban J connectivity index is 2.26. The molecular formula is C23H27N3O. The number of benzene rings is 2. The Labute approximate surface area is 161 Å². The van der Waals surface area contributed by atoms with Crippen LogP contribution in [0.4, 0.5) is 11.4 Å². The number of carbonyl (C=O) groups excluding carboxylic acids is 1. The van der Waals surface area contributed by atoms with Crippen LogP contribution in [-0.2, 0) is 16.6 Å². The molecule has 0 aliphatic heterocycles. The highest BCUT2D eigenvalue weighted by atomic mass is 16.1. The van der Waals surface area contributed by atoms with Crippen LogP contribution in [0.3, 0.4) is 0 Å². The minimum absolute atomic E-state index is 0.0315.